The zero-order valence-electron chi connectivity index (χ0n) is 36.1. The van der Waals surface area contributed by atoms with Crippen LogP contribution in [-0.2, 0) is 0 Å². The third-order valence-corrected chi connectivity index (χ3v) is 13.5. The molecule has 0 saturated carbocycles. The highest BCUT2D eigenvalue weighted by atomic mass is 15.1. The Balaban J connectivity index is 1.10. The van der Waals surface area contributed by atoms with Crippen LogP contribution < -0.4 is 4.90 Å². The monoisotopic (exact) mass is 838 g/mol. The summed E-state index contributed by atoms with van der Waals surface area (Å²) in [5.74, 6) is 0. The number of nitrogens with zero attached hydrogens (tertiary/aromatic N) is 2. The minimum Gasteiger partial charge on any atom is -0.309 e. The lowest BCUT2D eigenvalue weighted by Crippen LogP contribution is -2.12. The molecule has 0 amide bonds. The number of benzene rings is 12. The molecule has 66 heavy (non-hydrogen) atoms. The van der Waals surface area contributed by atoms with Crippen molar-refractivity contribution in [1.82, 2.24) is 4.57 Å². The minimum atomic E-state index is 1.09. The predicted molar refractivity (Wildman–Crippen MR) is 281 cm³/mol. The van der Waals surface area contributed by atoms with E-state index in [1.165, 1.54) is 82.1 Å². The Morgan fingerprint density at radius 2 is 0.742 bits per heavy atom. The van der Waals surface area contributed by atoms with E-state index in [9.17, 15) is 0 Å². The van der Waals surface area contributed by atoms with E-state index in [0.29, 0.717) is 0 Å². The van der Waals surface area contributed by atoms with Gasteiger partial charge >= 0.3 is 0 Å². The molecule has 13 rings (SSSR count). The summed E-state index contributed by atoms with van der Waals surface area (Å²) in [6, 6.07) is 93.5. The zero-order chi connectivity index (χ0) is 43.6. The zero-order valence-corrected chi connectivity index (χ0v) is 36.1. The van der Waals surface area contributed by atoms with E-state index in [1.54, 1.807) is 0 Å². The Bertz CT molecular complexity index is 3810. The second kappa shape index (κ2) is 15.5. The van der Waals surface area contributed by atoms with Crippen LogP contribution in [0, 0.1) is 0 Å². The third-order valence-electron chi connectivity index (χ3n) is 13.5. The lowest BCUT2D eigenvalue weighted by molar-refractivity contribution is 1.20. The van der Waals surface area contributed by atoms with Gasteiger partial charge in [0.2, 0.25) is 0 Å². The number of fused-ring (bicyclic) bond motifs is 3. The molecule has 0 spiro atoms. The van der Waals surface area contributed by atoms with E-state index in [4.69, 9.17) is 0 Å². The Morgan fingerprint density at radius 1 is 0.273 bits per heavy atom. The summed E-state index contributed by atoms with van der Waals surface area (Å²) in [6.07, 6.45) is 0. The summed E-state index contributed by atoms with van der Waals surface area (Å²) in [6.45, 7) is 0. The van der Waals surface area contributed by atoms with Gasteiger partial charge in [-0.1, -0.05) is 200 Å². The number of anilines is 3. The first-order chi connectivity index (χ1) is 32.7. The molecule has 308 valence electrons. The smallest absolute Gasteiger partial charge is 0.0541 e. The third kappa shape index (κ3) is 6.18. The first-order valence-electron chi connectivity index (χ1n) is 22.8. The van der Waals surface area contributed by atoms with E-state index >= 15 is 0 Å². The van der Waals surface area contributed by atoms with Crippen LogP contribution in [-0.4, -0.2) is 4.57 Å². The molecule has 1 aromatic heterocycles. The van der Waals surface area contributed by atoms with Crippen LogP contribution >= 0.6 is 0 Å². The highest BCUT2D eigenvalue weighted by Crippen LogP contribution is 2.49. The number of hydrogen-bond acceptors (Lipinski definition) is 1. The van der Waals surface area contributed by atoms with Crippen molar-refractivity contribution in [2.75, 3.05) is 4.90 Å². The van der Waals surface area contributed by atoms with Crippen molar-refractivity contribution in [3.63, 3.8) is 0 Å². The topological polar surface area (TPSA) is 8.17 Å². The lowest BCUT2D eigenvalue weighted by Gasteiger charge is -2.30. The van der Waals surface area contributed by atoms with Crippen LogP contribution in [0.15, 0.2) is 255 Å². The molecule has 0 unspecified atom stereocenters. The van der Waals surface area contributed by atoms with Crippen molar-refractivity contribution in [2.45, 2.75) is 0 Å². The normalized spacial score (nSPS) is 11.6. The summed E-state index contributed by atoms with van der Waals surface area (Å²) >= 11 is 0. The van der Waals surface area contributed by atoms with Gasteiger partial charge in [0.15, 0.2) is 0 Å². The largest absolute Gasteiger partial charge is 0.309 e. The van der Waals surface area contributed by atoms with E-state index in [0.717, 1.165) is 39.3 Å². The maximum atomic E-state index is 2.52. The van der Waals surface area contributed by atoms with Crippen molar-refractivity contribution >= 4 is 71.2 Å². The second-order valence-corrected chi connectivity index (χ2v) is 17.3. The average Bonchev–Trinajstić information content (AvgIpc) is 3.73. The van der Waals surface area contributed by atoms with Crippen molar-refractivity contribution in [3.05, 3.63) is 255 Å². The summed E-state index contributed by atoms with van der Waals surface area (Å²) in [7, 11) is 0. The van der Waals surface area contributed by atoms with Gasteiger partial charge in [0.1, 0.15) is 0 Å². The Kier molecular flexibility index (Phi) is 8.89. The fraction of sp³-hybridized carbons (Fsp3) is 0. The van der Waals surface area contributed by atoms with Crippen molar-refractivity contribution in [1.29, 1.82) is 0 Å². The van der Waals surface area contributed by atoms with Gasteiger partial charge in [0.25, 0.3) is 0 Å². The van der Waals surface area contributed by atoms with Crippen molar-refractivity contribution in [2.24, 2.45) is 0 Å². The molecule has 0 saturated heterocycles. The van der Waals surface area contributed by atoms with E-state index in [-0.39, 0.29) is 0 Å². The van der Waals surface area contributed by atoms with E-state index in [2.05, 4.69) is 264 Å². The van der Waals surface area contributed by atoms with Crippen LogP contribution in [0.3, 0.4) is 0 Å². The summed E-state index contributed by atoms with van der Waals surface area (Å²) in [5.41, 5.74) is 16.3. The maximum absolute atomic E-state index is 2.52. The Hall–Kier alpha value is -8.72. The standard InChI is InChI=1S/C64H42N2/c1-4-17-43(18-5-1)48-23-16-24-49(39-48)53-25-10-13-28-58(53)65(52-41-50(44-19-6-2-7-20-44)40-51(42-52)45-21-8-3-9-22-45)61-37-33-46-32-36-57-62(38-34-47-31-35-56(61)63(46)64(47)57)66-59-29-14-11-26-54(59)55-27-12-15-30-60(55)66/h1-42H. The molecule has 0 radical (unpaired) electrons. The van der Waals surface area contributed by atoms with Crippen LogP contribution in [0.1, 0.15) is 0 Å². The Labute approximate surface area is 383 Å². The molecule has 12 aromatic carbocycles. The number of aromatic nitrogens is 1. The molecular weight excluding hydrogens is 797 g/mol. The van der Waals surface area contributed by atoms with Gasteiger partial charge in [-0.15, -0.1) is 0 Å². The first-order valence-corrected chi connectivity index (χ1v) is 22.8. The van der Waals surface area contributed by atoms with Gasteiger partial charge in [0.05, 0.1) is 28.1 Å². The molecule has 0 aliphatic heterocycles. The molecule has 0 aliphatic rings. The van der Waals surface area contributed by atoms with Gasteiger partial charge in [-0.05, 0) is 115 Å². The van der Waals surface area contributed by atoms with Crippen LogP contribution in [0.4, 0.5) is 17.1 Å². The average molecular weight is 839 g/mol. The van der Waals surface area contributed by atoms with E-state index in [1.807, 2.05) is 0 Å². The first kappa shape index (κ1) is 37.8. The molecule has 1 heterocycles. The number of hydrogen-bond donors (Lipinski definition) is 0. The maximum Gasteiger partial charge on any atom is 0.0541 e. The fourth-order valence-electron chi connectivity index (χ4n) is 10.5. The molecule has 2 nitrogen and oxygen atoms in total. The summed E-state index contributed by atoms with van der Waals surface area (Å²) in [5, 5.41) is 9.94. The number of rotatable bonds is 8. The number of para-hydroxylation sites is 3. The summed E-state index contributed by atoms with van der Waals surface area (Å²) in [4.78, 5) is 2.52. The SMILES string of the molecule is c1ccc(-c2cccc(-c3ccccc3N(c3cc(-c4ccccc4)cc(-c4ccccc4)c3)c3ccc4ccc5c(-n6c7ccccc7c7ccccc76)ccc6ccc3c4c65)c2)cc1. The molecule has 0 aliphatic carbocycles. The van der Waals surface area contributed by atoms with Crippen molar-refractivity contribution < 1.29 is 0 Å². The predicted octanol–water partition coefficient (Wildman–Crippen LogP) is 17.8. The highest BCUT2D eigenvalue weighted by molar-refractivity contribution is 6.27. The van der Waals surface area contributed by atoms with Gasteiger partial charge in [0, 0.05) is 32.8 Å². The second-order valence-electron chi connectivity index (χ2n) is 17.3. The molecular formula is C64H42N2. The van der Waals surface area contributed by atoms with Gasteiger partial charge < -0.3 is 9.47 Å². The molecule has 0 atom stereocenters. The van der Waals surface area contributed by atoms with Crippen LogP contribution in [0.5, 0.6) is 0 Å². The molecule has 0 N–H and O–H groups in total. The van der Waals surface area contributed by atoms with Crippen molar-refractivity contribution in [3.8, 4) is 50.2 Å². The molecule has 0 fully saturated rings. The van der Waals surface area contributed by atoms with Gasteiger partial charge in [-0.2, -0.15) is 0 Å². The Morgan fingerprint density at radius 3 is 1.39 bits per heavy atom. The van der Waals surface area contributed by atoms with Gasteiger partial charge in [-0.3, -0.25) is 0 Å². The minimum absolute atomic E-state index is 1.09. The summed E-state index contributed by atoms with van der Waals surface area (Å²) < 4.78 is 2.46. The van der Waals surface area contributed by atoms with E-state index < -0.39 is 0 Å². The van der Waals surface area contributed by atoms with Gasteiger partial charge in [-0.25, -0.2) is 0 Å². The lowest BCUT2D eigenvalue weighted by atomic mass is 9.91. The van der Waals surface area contributed by atoms with Crippen LogP contribution in [0.25, 0.3) is 104 Å². The fourth-order valence-corrected chi connectivity index (χ4v) is 10.5. The molecule has 0 bridgehead atoms. The highest BCUT2D eigenvalue weighted by Gasteiger charge is 2.24. The van der Waals surface area contributed by atoms with Crippen LogP contribution in [0.2, 0.25) is 0 Å². The molecule has 2 heteroatoms. The quantitative estimate of drug-likeness (QED) is 0.138. The molecule has 13 aromatic rings.